The zero-order chi connectivity index (χ0) is 18.8. The van der Waals surface area contributed by atoms with Gasteiger partial charge in [-0.3, -0.25) is 14.4 Å². The molecule has 1 N–H and O–H groups in total. The summed E-state index contributed by atoms with van der Waals surface area (Å²) in [6.45, 7) is 1.64. The molecule has 6 heteroatoms. The second-order valence-corrected chi connectivity index (χ2v) is 6.61. The van der Waals surface area contributed by atoms with Gasteiger partial charge < -0.3 is 10.1 Å². The van der Waals surface area contributed by atoms with Crippen LogP contribution in [0.4, 0.5) is 5.69 Å². The zero-order valence-corrected chi connectivity index (χ0v) is 15.4. The van der Waals surface area contributed by atoms with Crippen LogP contribution in [0, 0.1) is 0 Å². The third-order valence-corrected chi connectivity index (χ3v) is 4.42. The van der Waals surface area contributed by atoms with Crippen molar-refractivity contribution in [1.82, 2.24) is 0 Å². The minimum Gasteiger partial charge on any atom is -0.457 e. The molecule has 0 aliphatic heterocycles. The highest BCUT2D eigenvalue weighted by molar-refractivity contribution is 8.00. The van der Waals surface area contributed by atoms with Crippen LogP contribution in [-0.2, 0) is 14.3 Å². The van der Waals surface area contributed by atoms with E-state index in [1.165, 1.54) is 11.8 Å². The Kier molecular flexibility index (Phi) is 7.89. The van der Waals surface area contributed by atoms with Gasteiger partial charge in [-0.2, -0.15) is 0 Å². The molecule has 0 radical (unpaired) electrons. The molecule has 26 heavy (non-hydrogen) atoms. The van der Waals surface area contributed by atoms with Crippen molar-refractivity contribution in [3.05, 3.63) is 60.2 Å². The van der Waals surface area contributed by atoms with E-state index in [0.717, 1.165) is 11.3 Å². The lowest BCUT2D eigenvalue weighted by Gasteiger charge is -2.07. The topological polar surface area (TPSA) is 72.5 Å². The number of hydrogen-bond donors (Lipinski definition) is 1. The lowest BCUT2D eigenvalue weighted by atomic mass is 10.1. The van der Waals surface area contributed by atoms with E-state index < -0.39 is 5.97 Å². The van der Waals surface area contributed by atoms with Crippen LogP contribution in [0.2, 0.25) is 0 Å². The van der Waals surface area contributed by atoms with Crippen LogP contribution in [0.3, 0.4) is 0 Å². The Morgan fingerprint density at radius 2 is 1.69 bits per heavy atom. The summed E-state index contributed by atoms with van der Waals surface area (Å²) < 4.78 is 5.03. The molecule has 1 amide bonds. The highest BCUT2D eigenvalue weighted by Gasteiger charge is 2.11. The predicted molar refractivity (Wildman–Crippen MR) is 102 cm³/mol. The average Bonchev–Trinajstić information content (AvgIpc) is 2.66. The normalized spacial score (nSPS) is 10.2. The van der Waals surface area contributed by atoms with Crippen molar-refractivity contribution >= 4 is 35.1 Å². The molecule has 0 saturated carbocycles. The van der Waals surface area contributed by atoms with Crippen LogP contribution in [0.5, 0.6) is 0 Å². The first-order chi connectivity index (χ1) is 12.6. The summed E-state index contributed by atoms with van der Waals surface area (Å²) >= 11 is 1.36. The predicted octanol–water partition coefficient (Wildman–Crippen LogP) is 3.94. The summed E-state index contributed by atoms with van der Waals surface area (Å²) in [7, 11) is 0. The van der Waals surface area contributed by atoms with Crippen molar-refractivity contribution < 1.29 is 19.1 Å². The highest BCUT2D eigenvalue weighted by Crippen LogP contribution is 2.17. The molecule has 2 aromatic carbocycles. The Morgan fingerprint density at radius 3 is 2.35 bits per heavy atom. The summed E-state index contributed by atoms with van der Waals surface area (Å²) in [6.07, 6.45) is 1.23. The van der Waals surface area contributed by atoms with Crippen molar-refractivity contribution in [2.75, 3.05) is 17.7 Å². The van der Waals surface area contributed by atoms with Gasteiger partial charge in [0.05, 0.1) is 5.75 Å². The summed E-state index contributed by atoms with van der Waals surface area (Å²) in [5, 5.41) is 2.75. The standard InChI is InChI=1S/C20H21NO4S/c1-2-6-19(23)21-16-11-9-15(10-12-16)18(22)13-25-20(24)14-26-17-7-4-3-5-8-17/h3-5,7-12H,2,6,13-14H2,1H3,(H,21,23). The highest BCUT2D eigenvalue weighted by atomic mass is 32.2. The lowest BCUT2D eigenvalue weighted by molar-refractivity contribution is -0.139. The quantitative estimate of drug-likeness (QED) is 0.411. The molecule has 2 aromatic rings. The third kappa shape index (κ3) is 6.72. The number of amides is 1. The van der Waals surface area contributed by atoms with Gasteiger partial charge in [0.1, 0.15) is 0 Å². The van der Waals surface area contributed by atoms with E-state index in [1.54, 1.807) is 24.3 Å². The van der Waals surface area contributed by atoms with Crippen molar-refractivity contribution in [2.24, 2.45) is 0 Å². The van der Waals surface area contributed by atoms with E-state index in [-0.39, 0.29) is 24.1 Å². The smallest absolute Gasteiger partial charge is 0.316 e. The van der Waals surface area contributed by atoms with Crippen LogP contribution in [0.25, 0.3) is 0 Å². The number of ketones is 1. The molecular formula is C20H21NO4S. The zero-order valence-electron chi connectivity index (χ0n) is 14.6. The number of esters is 1. The molecule has 0 saturated heterocycles. The van der Waals surface area contributed by atoms with Gasteiger partial charge in [0, 0.05) is 22.6 Å². The maximum Gasteiger partial charge on any atom is 0.316 e. The van der Waals surface area contributed by atoms with E-state index >= 15 is 0 Å². The molecule has 0 aromatic heterocycles. The van der Waals surface area contributed by atoms with E-state index in [4.69, 9.17) is 4.74 Å². The number of ether oxygens (including phenoxy) is 1. The number of thioether (sulfide) groups is 1. The Labute approximate surface area is 157 Å². The lowest BCUT2D eigenvalue weighted by Crippen LogP contribution is -2.15. The molecule has 0 unspecified atom stereocenters. The average molecular weight is 371 g/mol. The van der Waals surface area contributed by atoms with Gasteiger partial charge in [-0.1, -0.05) is 25.1 Å². The summed E-state index contributed by atoms with van der Waals surface area (Å²) in [4.78, 5) is 36.3. The van der Waals surface area contributed by atoms with Gasteiger partial charge in [-0.25, -0.2) is 0 Å². The Morgan fingerprint density at radius 1 is 1.00 bits per heavy atom. The Balaban J connectivity index is 1.76. The van der Waals surface area contributed by atoms with Gasteiger partial charge in [0.15, 0.2) is 12.4 Å². The van der Waals surface area contributed by atoms with Crippen molar-refractivity contribution in [3.8, 4) is 0 Å². The van der Waals surface area contributed by atoms with Crippen LogP contribution in [-0.4, -0.2) is 30.0 Å². The summed E-state index contributed by atoms with van der Waals surface area (Å²) in [5.74, 6) is -0.624. The molecule has 0 bridgehead atoms. The first kappa shape index (κ1) is 19.7. The van der Waals surface area contributed by atoms with Crippen molar-refractivity contribution in [2.45, 2.75) is 24.7 Å². The maximum absolute atomic E-state index is 12.1. The van der Waals surface area contributed by atoms with Gasteiger partial charge >= 0.3 is 5.97 Å². The van der Waals surface area contributed by atoms with Crippen LogP contribution >= 0.6 is 11.8 Å². The second-order valence-electron chi connectivity index (χ2n) is 5.56. The number of carbonyl (C=O) groups is 3. The first-order valence-corrected chi connectivity index (χ1v) is 9.33. The number of rotatable bonds is 9. The van der Waals surface area contributed by atoms with Crippen molar-refractivity contribution in [3.63, 3.8) is 0 Å². The minimum absolute atomic E-state index is 0.0589. The fraction of sp³-hybridized carbons (Fsp3) is 0.250. The monoisotopic (exact) mass is 371 g/mol. The van der Waals surface area contributed by atoms with E-state index in [2.05, 4.69) is 5.32 Å². The van der Waals surface area contributed by atoms with Crippen LogP contribution < -0.4 is 5.32 Å². The number of carbonyl (C=O) groups excluding carboxylic acids is 3. The van der Waals surface area contributed by atoms with E-state index in [1.807, 2.05) is 37.3 Å². The SMILES string of the molecule is CCCC(=O)Nc1ccc(C(=O)COC(=O)CSc2ccccc2)cc1. The number of Topliss-reactive ketones (excluding diaryl/α,β-unsaturated/α-hetero) is 1. The third-order valence-electron chi connectivity index (χ3n) is 3.43. The summed E-state index contributed by atoms with van der Waals surface area (Å²) in [5.41, 5.74) is 1.07. The summed E-state index contributed by atoms with van der Waals surface area (Å²) in [6, 6.07) is 16.0. The molecular weight excluding hydrogens is 350 g/mol. The molecule has 0 aliphatic rings. The second kappa shape index (κ2) is 10.4. The molecule has 0 heterocycles. The largest absolute Gasteiger partial charge is 0.457 e. The van der Waals surface area contributed by atoms with Gasteiger partial charge in [-0.05, 0) is 42.8 Å². The number of hydrogen-bond acceptors (Lipinski definition) is 5. The van der Waals surface area contributed by atoms with Gasteiger partial charge in [0.2, 0.25) is 5.91 Å². The number of anilines is 1. The Bertz CT molecular complexity index is 744. The molecule has 0 spiro atoms. The molecule has 0 aliphatic carbocycles. The van der Waals surface area contributed by atoms with Gasteiger partial charge in [0.25, 0.3) is 0 Å². The van der Waals surface area contributed by atoms with E-state index in [9.17, 15) is 14.4 Å². The fourth-order valence-corrected chi connectivity index (χ4v) is 2.84. The van der Waals surface area contributed by atoms with Crippen LogP contribution in [0.1, 0.15) is 30.1 Å². The van der Waals surface area contributed by atoms with Crippen molar-refractivity contribution in [1.29, 1.82) is 0 Å². The molecule has 0 fully saturated rings. The van der Waals surface area contributed by atoms with Crippen LogP contribution in [0.15, 0.2) is 59.5 Å². The maximum atomic E-state index is 12.1. The number of nitrogens with one attached hydrogen (secondary N) is 1. The minimum atomic E-state index is -0.435. The number of benzene rings is 2. The molecule has 5 nitrogen and oxygen atoms in total. The first-order valence-electron chi connectivity index (χ1n) is 8.35. The van der Waals surface area contributed by atoms with Gasteiger partial charge in [-0.15, -0.1) is 11.8 Å². The van der Waals surface area contributed by atoms with E-state index in [0.29, 0.717) is 17.7 Å². The molecule has 136 valence electrons. The Hall–Kier alpha value is -2.60. The molecule has 0 atom stereocenters. The fourth-order valence-electron chi connectivity index (χ4n) is 2.12. The molecule has 2 rings (SSSR count).